The predicted molar refractivity (Wildman–Crippen MR) is 85.4 cm³/mol. The van der Waals surface area contributed by atoms with Gasteiger partial charge in [-0.2, -0.15) is 0 Å². The number of benzene rings is 1. The van der Waals surface area contributed by atoms with E-state index in [1.165, 1.54) is 6.33 Å². The van der Waals surface area contributed by atoms with Crippen molar-refractivity contribution in [3.8, 4) is 11.3 Å². The first kappa shape index (κ1) is 14.6. The highest BCUT2D eigenvalue weighted by Crippen LogP contribution is 2.30. The molecule has 3 aromatic rings. The Morgan fingerprint density at radius 1 is 1.25 bits per heavy atom. The van der Waals surface area contributed by atoms with Gasteiger partial charge in [0.2, 0.25) is 0 Å². The van der Waals surface area contributed by atoms with Crippen LogP contribution in [-0.2, 0) is 9.63 Å². The van der Waals surface area contributed by atoms with E-state index in [-0.39, 0.29) is 0 Å². The van der Waals surface area contributed by atoms with Crippen LogP contribution in [0.1, 0.15) is 11.6 Å². The zero-order valence-corrected chi connectivity index (χ0v) is 13.1. The molecule has 0 amide bonds. The number of nitrogens with one attached hydrogen (secondary N) is 1. The molecule has 1 atom stereocenters. The second kappa shape index (κ2) is 5.57. The fourth-order valence-corrected chi connectivity index (χ4v) is 2.63. The lowest BCUT2D eigenvalue weighted by molar-refractivity contribution is -0.117. The number of oxazole rings is 1. The Balaban J connectivity index is 1.75. The van der Waals surface area contributed by atoms with Gasteiger partial charge in [-0.05, 0) is 18.2 Å². The number of nitrogens with zero attached hydrogens (tertiary/aromatic N) is 4. The molecule has 1 aliphatic heterocycles. The van der Waals surface area contributed by atoms with Crippen molar-refractivity contribution in [2.24, 2.45) is 5.16 Å². The Kier molecular flexibility index (Phi) is 3.39. The number of aromatic nitrogens is 3. The van der Waals surface area contributed by atoms with Gasteiger partial charge in [0.05, 0.1) is 10.7 Å². The molecule has 0 bridgehead atoms. The van der Waals surface area contributed by atoms with Crippen molar-refractivity contribution in [3.63, 3.8) is 0 Å². The number of oxime groups is 1. The Bertz CT molecular complexity index is 984. The van der Waals surface area contributed by atoms with Crippen molar-refractivity contribution < 1.29 is 14.0 Å². The summed E-state index contributed by atoms with van der Waals surface area (Å²) in [6, 6.07) is 5.29. The van der Waals surface area contributed by atoms with Gasteiger partial charge in [0, 0.05) is 12.5 Å². The van der Waals surface area contributed by atoms with Crippen LogP contribution in [0.25, 0.3) is 22.4 Å². The highest BCUT2D eigenvalue weighted by molar-refractivity contribution is 6.35. The van der Waals surface area contributed by atoms with Gasteiger partial charge in [0.1, 0.15) is 17.5 Å². The molecule has 1 aromatic carbocycles. The minimum atomic E-state index is -0.803. The number of aryl methyl sites for hydroxylation is 1. The van der Waals surface area contributed by atoms with E-state index >= 15 is 0 Å². The average Bonchev–Trinajstić information content (AvgIpc) is 3.21. The average molecular weight is 344 g/mol. The highest BCUT2D eigenvalue weighted by atomic mass is 35.5. The molecule has 1 unspecified atom stereocenters. The topological polar surface area (TPSA) is 102 Å². The number of carbonyl (C=O) groups excluding carboxylic acids is 1. The first-order valence-corrected chi connectivity index (χ1v) is 7.37. The number of carbonyl (C=O) groups is 1. The van der Waals surface area contributed by atoms with Crippen LogP contribution in [-0.4, -0.2) is 33.3 Å². The van der Waals surface area contributed by atoms with E-state index in [1.54, 1.807) is 19.1 Å². The highest BCUT2D eigenvalue weighted by Gasteiger charge is 2.21. The summed E-state index contributed by atoms with van der Waals surface area (Å²) in [6.45, 7) is 1.76. The summed E-state index contributed by atoms with van der Waals surface area (Å²) < 4.78 is 5.46. The summed E-state index contributed by atoms with van der Waals surface area (Å²) in [7, 11) is 0. The summed E-state index contributed by atoms with van der Waals surface area (Å²) in [6.07, 6.45) is 1.20. The van der Waals surface area contributed by atoms with E-state index in [0.717, 1.165) is 5.56 Å². The van der Waals surface area contributed by atoms with Crippen molar-refractivity contribution in [3.05, 3.63) is 41.1 Å². The van der Waals surface area contributed by atoms with Crippen LogP contribution in [0.2, 0.25) is 5.02 Å². The molecule has 0 saturated heterocycles. The zero-order chi connectivity index (χ0) is 16.7. The first-order valence-electron chi connectivity index (χ1n) is 6.99. The molecule has 4 rings (SSSR count). The maximum Gasteiger partial charge on any atom is 0.254 e. The number of amidine groups is 1. The number of hydrogen-bond acceptors (Lipinski definition) is 8. The van der Waals surface area contributed by atoms with Crippen LogP contribution in [0.4, 0.5) is 0 Å². The molecule has 9 heteroatoms. The third-order valence-corrected chi connectivity index (χ3v) is 3.70. The summed E-state index contributed by atoms with van der Waals surface area (Å²) in [5.41, 5.74) is 3.07. The van der Waals surface area contributed by atoms with Gasteiger partial charge in [0.25, 0.3) is 6.23 Å². The number of aldehydes is 1. The number of rotatable bonds is 3. The molecule has 24 heavy (non-hydrogen) atoms. The Morgan fingerprint density at radius 3 is 2.88 bits per heavy atom. The van der Waals surface area contributed by atoms with Gasteiger partial charge in [-0.1, -0.05) is 16.8 Å². The molecule has 0 aliphatic carbocycles. The smallest absolute Gasteiger partial charge is 0.254 e. The van der Waals surface area contributed by atoms with Gasteiger partial charge in [-0.25, -0.2) is 15.0 Å². The van der Waals surface area contributed by atoms with E-state index in [4.69, 9.17) is 20.9 Å². The molecule has 120 valence electrons. The van der Waals surface area contributed by atoms with Crippen LogP contribution in [0.5, 0.6) is 0 Å². The zero-order valence-electron chi connectivity index (χ0n) is 12.4. The third-order valence-electron chi connectivity index (χ3n) is 3.42. The van der Waals surface area contributed by atoms with Crippen LogP contribution in [0.15, 0.2) is 34.1 Å². The van der Waals surface area contributed by atoms with E-state index in [9.17, 15) is 4.79 Å². The summed E-state index contributed by atoms with van der Waals surface area (Å²) in [4.78, 5) is 28.3. The lowest BCUT2D eigenvalue weighted by atomic mass is 10.1. The fraction of sp³-hybridized carbons (Fsp3) is 0.133. The maximum absolute atomic E-state index is 10.7. The Morgan fingerprint density at radius 2 is 2.08 bits per heavy atom. The second-order valence-electron chi connectivity index (χ2n) is 5.07. The third kappa shape index (κ3) is 2.46. The van der Waals surface area contributed by atoms with E-state index in [0.29, 0.717) is 45.5 Å². The Hall–Kier alpha value is -3.00. The van der Waals surface area contributed by atoms with Gasteiger partial charge in [-0.15, -0.1) is 0 Å². The second-order valence-corrected chi connectivity index (χ2v) is 5.48. The fourth-order valence-electron chi connectivity index (χ4n) is 2.37. The molecule has 0 radical (unpaired) electrons. The van der Waals surface area contributed by atoms with E-state index in [1.807, 2.05) is 6.07 Å². The van der Waals surface area contributed by atoms with Crippen molar-refractivity contribution in [1.29, 1.82) is 0 Å². The molecule has 0 saturated carbocycles. The van der Waals surface area contributed by atoms with Gasteiger partial charge < -0.3 is 14.6 Å². The molecule has 2 aromatic heterocycles. The quantitative estimate of drug-likeness (QED) is 0.726. The van der Waals surface area contributed by atoms with Gasteiger partial charge in [-0.3, -0.25) is 4.79 Å². The van der Waals surface area contributed by atoms with Crippen LogP contribution >= 0.6 is 11.6 Å². The molecule has 8 nitrogen and oxygen atoms in total. The molecule has 0 fully saturated rings. The summed E-state index contributed by atoms with van der Waals surface area (Å²) in [5, 5.41) is 7.04. The SMILES string of the molecule is Cc1nc2cc(-c3cc(C4=NOC(C=O)N4)ncn3)cc(Cl)c2o1. The normalized spacial score (nSPS) is 16.6. The largest absolute Gasteiger partial charge is 0.439 e. The van der Waals surface area contributed by atoms with E-state index < -0.39 is 6.23 Å². The van der Waals surface area contributed by atoms with Crippen LogP contribution in [0, 0.1) is 6.92 Å². The first-order chi connectivity index (χ1) is 11.6. The summed E-state index contributed by atoms with van der Waals surface area (Å²) in [5.74, 6) is 0.897. The molecule has 1 aliphatic rings. The minimum Gasteiger partial charge on any atom is -0.439 e. The predicted octanol–water partition coefficient (Wildman–Crippen LogP) is 2.05. The maximum atomic E-state index is 10.7. The molecule has 1 N–H and O–H groups in total. The van der Waals surface area contributed by atoms with Crippen LogP contribution < -0.4 is 5.32 Å². The molecular weight excluding hydrogens is 334 g/mol. The molecule has 3 heterocycles. The Labute approximate surface area is 140 Å². The molecular formula is C15H10ClN5O3. The van der Waals surface area contributed by atoms with Crippen LogP contribution in [0.3, 0.4) is 0 Å². The van der Waals surface area contributed by atoms with Crippen molar-refractivity contribution in [1.82, 2.24) is 20.3 Å². The van der Waals surface area contributed by atoms with Crippen molar-refractivity contribution in [2.75, 3.05) is 0 Å². The van der Waals surface area contributed by atoms with Crippen molar-refractivity contribution in [2.45, 2.75) is 13.2 Å². The minimum absolute atomic E-state index is 0.361. The van der Waals surface area contributed by atoms with E-state index in [2.05, 4.69) is 25.4 Å². The van der Waals surface area contributed by atoms with Gasteiger partial charge in [0.15, 0.2) is 23.6 Å². The number of fused-ring (bicyclic) bond motifs is 1. The standard InChI is InChI=1S/C15H10ClN5O3/c1-7-19-11-3-8(2-9(16)14(11)23-7)10-4-12(18-6-17-10)15-20-13(5-22)24-21-15/h2-6,13H,1H3,(H,20,21). The lowest BCUT2D eigenvalue weighted by Crippen LogP contribution is -2.31. The number of hydrogen-bond donors (Lipinski definition) is 1. The molecule has 0 spiro atoms. The summed E-state index contributed by atoms with van der Waals surface area (Å²) >= 11 is 6.26. The monoisotopic (exact) mass is 343 g/mol. The van der Waals surface area contributed by atoms with Gasteiger partial charge >= 0.3 is 0 Å². The lowest BCUT2D eigenvalue weighted by Gasteiger charge is -2.05. The van der Waals surface area contributed by atoms with Crippen molar-refractivity contribution >= 4 is 34.8 Å². The number of halogens is 1.